The third kappa shape index (κ3) is 4.15. The van der Waals surface area contributed by atoms with Crippen LogP contribution >= 0.6 is 0 Å². The third-order valence-corrected chi connectivity index (χ3v) is 4.36. The molecular formula is C21H22N2O. The molecule has 0 N–H and O–H groups in total. The first-order chi connectivity index (χ1) is 11.6. The molecule has 0 amide bonds. The molecule has 0 aromatic heterocycles. The average Bonchev–Trinajstić information content (AvgIpc) is 2.61. The van der Waals surface area contributed by atoms with Gasteiger partial charge in [0.15, 0.2) is 0 Å². The van der Waals surface area contributed by atoms with Crippen LogP contribution in [-0.2, 0) is 0 Å². The Labute approximate surface area is 144 Å². The second-order valence-electron chi connectivity index (χ2n) is 6.06. The van der Waals surface area contributed by atoms with Gasteiger partial charge in [-0.25, -0.2) is 0 Å². The molecule has 0 bridgehead atoms. The van der Waals surface area contributed by atoms with Crippen LogP contribution in [0.15, 0.2) is 36.4 Å². The van der Waals surface area contributed by atoms with Crippen molar-refractivity contribution in [3.8, 4) is 17.9 Å². The zero-order valence-corrected chi connectivity index (χ0v) is 14.5. The fourth-order valence-electron chi connectivity index (χ4n) is 2.71. The highest BCUT2D eigenvalue weighted by Crippen LogP contribution is 2.26. The van der Waals surface area contributed by atoms with Gasteiger partial charge in [-0.15, -0.1) is 0 Å². The number of benzene rings is 2. The van der Waals surface area contributed by atoms with Gasteiger partial charge in [0.2, 0.25) is 0 Å². The highest BCUT2D eigenvalue weighted by atomic mass is 16.5. The minimum absolute atomic E-state index is 0.166. The number of aryl methyl sites for hydroxylation is 2. The Morgan fingerprint density at radius 3 is 2.25 bits per heavy atom. The minimum Gasteiger partial charge on any atom is -0.493 e. The van der Waals surface area contributed by atoms with E-state index in [0.29, 0.717) is 12.2 Å². The minimum atomic E-state index is -0.166. The van der Waals surface area contributed by atoms with Crippen molar-refractivity contribution in [1.29, 1.82) is 10.5 Å². The SMILES string of the molecule is Cc1ccc(C)c(OCCCC(C#N)c2ccc(C#N)cc2)c1C. The maximum Gasteiger partial charge on any atom is 0.125 e. The molecule has 0 aliphatic rings. The zero-order chi connectivity index (χ0) is 17.5. The average molecular weight is 318 g/mol. The summed E-state index contributed by atoms with van der Waals surface area (Å²) in [6.07, 6.45) is 1.55. The molecule has 3 heteroatoms. The van der Waals surface area contributed by atoms with Gasteiger partial charge in [0.1, 0.15) is 5.75 Å². The number of hydrogen-bond donors (Lipinski definition) is 0. The maximum absolute atomic E-state index is 9.39. The molecule has 0 radical (unpaired) electrons. The summed E-state index contributed by atoms with van der Waals surface area (Å²) in [6, 6.07) is 15.9. The van der Waals surface area contributed by atoms with E-state index in [1.54, 1.807) is 12.1 Å². The van der Waals surface area contributed by atoms with Crippen molar-refractivity contribution in [2.75, 3.05) is 6.61 Å². The van der Waals surface area contributed by atoms with Gasteiger partial charge in [0.25, 0.3) is 0 Å². The summed E-state index contributed by atoms with van der Waals surface area (Å²) in [6.45, 7) is 6.81. The van der Waals surface area contributed by atoms with E-state index in [2.05, 4.69) is 45.0 Å². The van der Waals surface area contributed by atoms with Crippen LogP contribution in [0.1, 0.15) is 46.6 Å². The first kappa shape index (κ1) is 17.6. The zero-order valence-electron chi connectivity index (χ0n) is 14.5. The summed E-state index contributed by atoms with van der Waals surface area (Å²) >= 11 is 0. The van der Waals surface area contributed by atoms with Crippen molar-refractivity contribution in [3.63, 3.8) is 0 Å². The Bertz CT molecular complexity index is 779. The van der Waals surface area contributed by atoms with Crippen molar-refractivity contribution < 1.29 is 4.74 Å². The van der Waals surface area contributed by atoms with Gasteiger partial charge in [-0.2, -0.15) is 10.5 Å². The molecule has 122 valence electrons. The second kappa shape index (κ2) is 8.18. The summed E-state index contributed by atoms with van der Waals surface area (Å²) in [5.41, 5.74) is 5.12. The Morgan fingerprint density at radius 2 is 1.62 bits per heavy atom. The number of rotatable bonds is 6. The van der Waals surface area contributed by atoms with Crippen LogP contribution in [0.2, 0.25) is 0 Å². The van der Waals surface area contributed by atoms with E-state index in [0.717, 1.165) is 29.7 Å². The normalized spacial score (nSPS) is 11.4. The first-order valence-electron chi connectivity index (χ1n) is 8.16. The summed E-state index contributed by atoms with van der Waals surface area (Å²) < 4.78 is 5.96. The molecule has 3 nitrogen and oxygen atoms in total. The molecule has 2 aromatic carbocycles. The molecule has 1 atom stereocenters. The summed E-state index contributed by atoms with van der Waals surface area (Å²) in [4.78, 5) is 0. The molecule has 0 spiro atoms. The molecule has 24 heavy (non-hydrogen) atoms. The van der Waals surface area contributed by atoms with Gasteiger partial charge in [0.05, 0.1) is 30.2 Å². The lowest BCUT2D eigenvalue weighted by Crippen LogP contribution is -2.04. The lowest BCUT2D eigenvalue weighted by atomic mass is 9.95. The molecule has 0 aliphatic carbocycles. The van der Waals surface area contributed by atoms with Crippen LogP contribution < -0.4 is 4.74 Å². The molecule has 2 rings (SSSR count). The first-order valence-corrected chi connectivity index (χ1v) is 8.16. The van der Waals surface area contributed by atoms with Crippen molar-refractivity contribution in [2.24, 2.45) is 0 Å². The Kier molecular flexibility index (Phi) is 5.99. The van der Waals surface area contributed by atoms with Crippen LogP contribution in [0, 0.1) is 43.4 Å². The van der Waals surface area contributed by atoms with Crippen LogP contribution in [0.25, 0.3) is 0 Å². The smallest absolute Gasteiger partial charge is 0.125 e. The summed E-state index contributed by atoms with van der Waals surface area (Å²) in [7, 11) is 0. The summed E-state index contributed by atoms with van der Waals surface area (Å²) in [5, 5.41) is 18.2. The largest absolute Gasteiger partial charge is 0.493 e. The highest BCUT2D eigenvalue weighted by molar-refractivity contribution is 5.44. The van der Waals surface area contributed by atoms with Gasteiger partial charge in [-0.3, -0.25) is 0 Å². The topological polar surface area (TPSA) is 56.8 Å². The van der Waals surface area contributed by atoms with Gasteiger partial charge in [0, 0.05) is 0 Å². The highest BCUT2D eigenvalue weighted by Gasteiger charge is 2.11. The predicted octanol–water partition coefficient (Wildman–Crippen LogP) is 4.95. The Hall–Kier alpha value is -2.78. The third-order valence-electron chi connectivity index (χ3n) is 4.36. The van der Waals surface area contributed by atoms with Crippen LogP contribution in [0.5, 0.6) is 5.75 Å². The molecule has 0 saturated heterocycles. The van der Waals surface area contributed by atoms with E-state index >= 15 is 0 Å². The van der Waals surface area contributed by atoms with E-state index in [1.165, 1.54) is 11.1 Å². The van der Waals surface area contributed by atoms with E-state index in [4.69, 9.17) is 10.00 Å². The molecule has 0 aliphatic heterocycles. The van der Waals surface area contributed by atoms with Crippen LogP contribution in [0.4, 0.5) is 0 Å². The Balaban J connectivity index is 1.92. The van der Waals surface area contributed by atoms with E-state index in [1.807, 2.05) is 12.1 Å². The number of ether oxygens (including phenoxy) is 1. The van der Waals surface area contributed by atoms with Crippen molar-refractivity contribution in [2.45, 2.75) is 39.5 Å². The van der Waals surface area contributed by atoms with E-state index < -0.39 is 0 Å². The fourth-order valence-corrected chi connectivity index (χ4v) is 2.71. The van der Waals surface area contributed by atoms with Gasteiger partial charge >= 0.3 is 0 Å². The molecule has 0 fully saturated rings. The quantitative estimate of drug-likeness (QED) is 0.708. The fraction of sp³-hybridized carbons (Fsp3) is 0.333. The van der Waals surface area contributed by atoms with Crippen LogP contribution in [0.3, 0.4) is 0 Å². The van der Waals surface area contributed by atoms with Crippen molar-refractivity contribution in [3.05, 3.63) is 64.2 Å². The molecule has 1 unspecified atom stereocenters. The molecule has 0 heterocycles. The van der Waals surface area contributed by atoms with E-state index in [9.17, 15) is 5.26 Å². The summed E-state index contributed by atoms with van der Waals surface area (Å²) in [5.74, 6) is 0.794. The lowest BCUT2D eigenvalue weighted by molar-refractivity contribution is 0.301. The van der Waals surface area contributed by atoms with E-state index in [-0.39, 0.29) is 5.92 Å². The standard InChI is InChI=1S/C21H22N2O/c1-15-6-7-16(2)21(17(15)3)24-12-4-5-20(14-23)19-10-8-18(13-22)9-11-19/h6-11,20H,4-5,12H2,1-3H3. The van der Waals surface area contributed by atoms with Gasteiger partial charge in [-0.05, 0) is 68.0 Å². The lowest BCUT2D eigenvalue weighted by Gasteiger charge is -2.15. The number of nitrogens with zero attached hydrogens (tertiary/aromatic N) is 2. The Morgan fingerprint density at radius 1 is 0.958 bits per heavy atom. The second-order valence-corrected chi connectivity index (χ2v) is 6.06. The van der Waals surface area contributed by atoms with Gasteiger partial charge < -0.3 is 4.74 Å². The monoisotopic (exact) mass is 318 g/mol. The maximum atomic E-state index is 9.39. The van der Waals surface area contributed by atoms with Gasteiger partial charge in [-0.1, -0.05) is 24.3 Å². The molecular weight excluding hydrogens is 296 g/mol. The predicted molar refractivity (Wildman–Crippen MR) is 94.9 cm³/mol. The molecule has 2 aromatic rings. The van der Waals surface area contributed by atoms with Crippen molar-refractivity contribution in [1.82, 2.24) is 0 Å². The number of hydrogen-bond acceptors (Lipinski definition) is 3. The number of nitriles is 2. The molecule has 0 saturated carbocycles. The van der Waals surface area contributed by atoms with Crippen LogP contribution in [-0.4, -0.2) is 6.61 Å². The van der Waals surface area contributed by atoms with Crippen molar-refractivity contribution >= 4 is 0 Å².